The predicted molar refractivity (Wildman–Crippen MR) is 148 cm³/mol. The van der Waals surface area contributed by atoms with E-state index in [0.29, 0.717) is 36.0 Å². The topological polar surface area (TPSA) is 118 Å². The predicted octanol–water partition coefficient (Wildman–Crippen LogP) is 5.92. The van der Waals surface area contributed by atoms with Gasteiger partial charge in [-0.3, -0.25) is 0 Å². The van der Waals surface area contributed by atoms with Crippen LogP contribution in [0, 0.1) is 11.3 Å². The zero-order valence-electron chi connectivity index (χ0n) is 22.2. The van der Waals surface area contributed by atoms with Gasteiger partial charge in [0.25, 0.3) is 5.88 Å². The maximum Gasteiger partial charge on any atom is 0.257 e. The van der Waals surface area contributed by atoms with E-state index in [-0.39, 0.29) is 21.5 Å². The third-order valence-corrected chi connectivity index (χ3v) is 11.9. The first-order chi connectivity index (χ1) is 17.4. The van der Waals surface area contributed by atoms with Crippen LogP contribution < -0.4 is 15.4 Å². The van der Waals surface area contributed by atoms with Crippen molar-refractivity contribution in [1.29, 1.82) is 5.26 Å². The fourth-order valence-corrected chi connectivity index (χ4v) is 5.16. The van der Waals surface area contributed by atoms with Crippen LogP contribution in [0.2, 0.25) is 23.3 Å². The average molecular weight is 538 g/mol. The first kappa shape index (κ1) is 26.8. The molecule has 1 atom stereocenters. The minimum Gasteiger partial charge on any atom is -0.478 e. The number of methoxy groups -OCH3 is 1. The molecule has 0 aliphatic carbocycles. The summed E-state index contributed by atoms with van der Waals surface area (Å²) in [6.45, 7) is 14.7. The molecule has 194 valence electrons. The van der Waals surface area contributed by atoms with Crippen molar-refractivity contribution < 1.29 is 9.16 Å². The van der Waals surface area contributed by atoms with Crippen molar-refractivity contribution in [3.05, 3.63) is 46.7 Å². The highest BCUT2D eigenvalue weighted by Gasteiger charge is 2.42. The molecule has 37 heavy (non-hydrogen) atoms. The summed E-state index contributed by atoms with van der Waals surface area (Å²) >= 11 is 6.01. The highest BCUT2D eigenvalue weighted by atomic mass is 35.5. The lowest BCUT2D eigenvalue weighted by Gasteiger charge is -2.39. The van der Waals surface area contributed by atoms with E-state index >= 15 is 0 Å². The first-order valence-electron chi connectivity index (χ1n) is 12.0. The number of fused-ring (bicyclic) bond motifs is 1. The van der Waals surface area contributed by atoms with Crippen LogP contribution >= 0.6 is 11.6 Å². The van der Waals surface area contributed by atoms with E-state index < -0.39 is 8.32 Å². The van der Waals surface area contributed by atoms with Crippen molar-refractivity contribution in [2.75, 3.05) is 30.9 Å². The first-order valence-corrected chi connectivity index (χ1v) is 15.3. The van der Waals surface area contributed by atoms with E-state index in [1.165, 1.54) is 7.11 Å². The summed E-state index contributed by atoms with van der Waals surface area (Å²) in [5.41, 5.74) is 4.19. The summed E-state index contributed by atoms with van der Waals surface area (Å²) in [7, 11) is -0.453. The number of rotatable bonds is 7. The summed E-state index contributed by atoms with van der Waals surface area (Å²) in [5.74, 6) is 0.604. The molecular formula is C26H32ClN7O2Si. The van der Waals surface area contributed by atoms with Crippen molar-refractivity contribution in [2.45, 2.75) is 51.2 Å². The van der Waals surface area contributed by atoms with Crippen LogP contribution in [0.3, 0.4) is 0 Å². The van der Waals surface area contributed by atoms with Gasteiger partial charge in [0.05, 0.1) is 24.1 Å². The highest BCUT2D eigenvalue weighted by Crippen LogP contribution is 2.44. The van der Waals surface area contributed by atoms with Crippen LogP contribution in [0.5, 0.6) is 5.88 Å². The third kappa shape index (κ3) is 5.39. The van der Waals surface area contributed by atoms with Gasteiger partial charge in [0, 0.05) is 36.4 Å². The van der Waals surface area contributed by atoms with Gasteiger partial charge in [-0.15, -0.1) is 10.2 Å². The van der Waals surface area contributed by atoms with E-state index in [4.69, 9.17) is 20.8 Å². The van der Waals surface area contributed by atoms with Crippen molar-refractivity contribution >= 4 is 37.2 Å². The zero-order chi connectivity index (χ0) is 27.0. The fourth-order valence-electron chi connectivity index (χ4n) is 3.91. The molecule has 4 rings (SSSR count). The second kappa shape index (κ2) is 9.89. The van der Waals surface area contributed by atoms with Gasteiger partial charge in [-0.05, 0) is 41.9 Å². The van der Waals surface area contributed by atoms with E-state index in [9.17, 15) is 5.26 Å². The lowest BCUT2D eigenvalue weighted by atomic mass is 9.83. The Bertz CT molecular complexity index is 1370. The van der Waals surface area contributed by atoms with Gasteiger partial charge in [0.2, 0.25) is 5.95 Å². The van der Waals surface area contributed by atoms with E-state index in [2.05, 4.69) is 83.7 Å². The van der Waals surface area contributed by atoms with Crippen LogP contribution in [-0.4, -0.2) is 48.7 Å². The Hall–Kier alpha value is -3.26. The molecule has 0 amide bonds. The maximum atomic E-state index is 9.94. The molecule has 11 heteroatoms. The van der Waals surface area contributed by atoms with Gasteiger partial charge >= 0.3 is 0 Å². The normalized spacial score (nSPS) is 17.1. The number of nitrogens with zero attached hydrogens (tertiary/aromatic N) is 5. The summed E-state index contributed by atoms with van der Waals surface area (Å²) in [6, 6.07) is 9.70. The fraction of sp³-hybridized carbons (Fsp3) is 0.423. The molecule has 0 saturated carbocycles. The molecule has 0 fully saturated rings. The Balaban J connectivity index is 1.68. The monoisotopic (exact) mass is 537 g/mol. The average Bonchev–Trinajstić information content (AvgIpc) is 3.19. The summed E-state index contributed by atoms with van der Waals surface area (Å²) in [5, 5.41) is 24.5. The second-order valence-corrected chi connectivity index (χ2v) is 16.2. The number of benzene rings is 1. The lowest BCUT2D eigenvalue weighted by Crippen LogP contribution is -2.45. The number of hydrogen-bond donors (Lipinski definition) is 2. The zero-order valence-corrected chi connectivity index (χ0v) is 24.0. The Morgan fingerprint density at radius 3 is 2.68 bits per heavy atom. The van der Waals surface area contributed by atoms with Crippen molar-refractivity contribution in [3.63, 3.8) is 0 Å². The van der Waals surface area contributed by atoms with Crippen molar-refractivity contribution in [2.24, 2.45) is 0 Å². The van der Waals surface area contributed by atoms with Crippen molar-refractivity contribution in [3.8, 4) is 23.2 Å². The summed E-state index contributed by atoms with van der Waals surface area (Å²) < 4.78 is 11.9. The standard InChI is InChI=1S/C26H32ClN7O2Si/c1-25(2,3)37(6,7)36-15-26(4)14-30-22-17(13-28)10-16(11-18(22)26)19-8-9-29-24(31-19)32-20-12-21(27)33-34-23(20)35-5/h8-12,30H,14-15H2,1-7H3,(H,29,31,32,33). The van der Waals surface area contributed by atoms with Crippen LogP contribution in [-0.2, 0) is 9.84 Å². The van der Waals surface area contributed by atoms with Crippen LogP contribution in [0.15, 0.2) is 30.5 Å². The van der Waals surface area contributed by atoms with Gasteiger partial charge in [-0.2, -0.15) is 5.26 Å². The molecular weight excluding hydrogens is 506 g/mol. The SMILES string of the molecule is COc1nnc(Cl)cc1Nc1nccc(-c2cc(C#N)c3c(c2)C(C)(CO[Si](C)(C)C(C)(C)C)CN3)n1. The molecule has 2 aromatic heterocycles. The minimum absolute atomic E-state index is 0.111. The summed E-state index contributed by atoms with van der Waals surface area (Å²) in [4.78, 5) is 9.01. The smallest absolute Gasteiger partial charge is 0.257 e. The highest BCUT2D eigenvalue weighted by molar-refractivity contribution is 6.74. The van der Waals surface area contributed by atoms with Gasteiger partial charge in [0.1, 0.15) is 11.8 Å². The second-order valence-electron chi connectivity index (χ2n) is 11.0. The molecule has 0 radical (unpaired) electrons. The molecule has 3 aromatic rings. The molecule has 1 unspecified atom stereocenters. The van der Waals surface area contributed by atoms with Crippen LogP contribution in [0.25, 0.3) is 11.3 Å². The Kier molecular flexibility index (Phi) is 7.16. The number of ether oxygens (including phenoxy) is 1. The Morgan fingerprint density at radius 2 is 2.00 bits per heavy atom. The van der Waals surface area contributed by atoms with E-state index in [1.54, 1.807) is 12.3 Å². The molecule has 2 N–H and O–H groups in total. The lowest BCUT2D eigenvalue weighted by molar-refractivity contribution is 0.220. The van der Waals surface area contributed by atoms with E-state index in [0.717, 1.165) is 16.8 Å². The number of nitriles is 1. The molecule has 9 nitrogen and oxygen atoms in total. The number of anilines is 3. The number of aromatic nitrogens is 4. The van der Waals surface area contributed by atoms with Crippen LogP contribution in [0.4, 0.5) is 17.3 Å². The minimum atomic E-state index is -1.95. The Morgan fingerprint density at radius 1 is 1.24 bits per heavy atom. The molecule has 1 aliphatic rings. The van der Waals surface area contributed by atoms with Crippen molar-refractivity contribution in [1.82, 2.24) is 20.2 Å². The van der Waals surface area contributed by atoms with Crippen LogP contribution in [0.1, 0.15) is 38.8 Å². The molecule has 0 saturated heterocycles. The molecule has 1 aromatic carbocycles. The number of hydrogen-bond acceptors (Lipinski definition) is 9. The number of halogens is 1. The largest absolute Gasteiger partial charge is 0.478 e. The Labute approximate surface area is 223 Å². The molecule has 0 bridgehead atoms. The molecule has 3 heterocycles. The molecule has 1 aliphatic heterocycles. The number of nitrogens with one attached hydrogen (secondary N) is 2. The molecule has 0 spiro atoms. The summed E-state index contributed by atoms with van der Waals surface area (Å²) in [6.07, 6.45) is 1.66. The van der Waals surface area contributed by atoms with Gasteiger partial charge in [0.15, 0.2) is 13.5 Å². The van der Waals surface area contributed by atoms with E-state index in [1.807, 2.05) is 12.1 Å². The third-order valence-electron chi connectivity index (χ3n) is 7.24. The van der Waals surface area contributed by atoms with Gasteiger partial charge < -0.3 is 19.8 Å². The van der Waals surface area contributed by atoms with Gasteiger partial charge in [-0.25, -0.2) is 9.97 Å². The quantitative estimate of drug-likeness (QED) is 0.354. The van der Waals surface area contributed by atoms with Gasteiger partial charge in [-0.1, -0.05) is 39.3 Å². The maximum absolute atomic E-state index is 9.94.